The van der Waals surface area contributed by atoms with Gasteiger partial charge in [0.15, 0.2) is 6.79 Å². The highest BCUT2D eigenvalue weighted by Crippen LogP contribution is 2.23. The first-order chi connectivity index (χ1) is 7.99. The molecule has 5 nitrogen and oxygen atoms in total. The molecule has 5 heteroatoms. The Hall–Kier alpha value is -1.17. The van der Waals surface area contributed by atoms with Gasteiger partial charge in [-0.15, -0.1) is 0 Å². The molecule has 0 fully saturated rings. The molecular formula is C12H19NO4. The van der Waals surface area contributed by atoms with Gasteiger partial charge in [-0.05, 0) is 32.9 Å². The lowest BCUT2D eigenvalue weighted by Crippen LogP contribution is -2.18. The van der Waals surface area contributed by atoms with Crippen molar-refractivity contribution in [3.05, 3.63) is 23.5 Å². The van der Waals surface area contributed by atoms with Crippen LogP contribution in [0.3, 0.4) is 0 Å². The van der Waals surface area contributed by atoms with Gasteiger partial charge in [0.05, 0.1) is 12.3 Å². The van der Waals surface area contributed by atoms with Crippen LogP contribution in [-0.4, -0.2) is 28.6 Å². The molecule has 1 aromatic rings. The zero-order valence-corrected chi connectivity index (χ0v) is 10.4. The van der Waals surface area contributed by atoms with Gasteiger partial charge in [0.2, 0.25) is 0 Å². The Kier molecular flexibility index (Phi) is 4.86. The molecule has 0 bridgehead atoms. The van der Waals surface area contributed by atoms with Gasteiger partial charge in [-0.25, -0.2) is 4.98 Å². The second kappa shape index (κ2) is 5.95. The van der Waals surface area contributed by atoms with E-state index in [4.69, 9.17) is 9.47 Å². The fraction of sp³-hybridized carbons (Fsp3) is 0.583. The number of hydrogen-bond acceptors (Lipinski definition) is 5. The molecule has 0 spiro atoms. The van der Waals surface area contributed by atoms with Crippen molar-refractivity contribution in [2.75, 3.05) is 13.4 Å². The van der Waals surface area contributed by atoms with E-state index >= 15 is 0 Å². The van der Waals surface area contributed by atoms with Crippen molar-refractivity contribution in [1.29, 1.82) is 0 Å². The molecule has 0 radical (unpaired) electrons. The lowest BCUT2D eigenvalue weighted by atomic mass is 10.0. The first-order valence-corrected chi connectivity index (χ1v) is 5.53. The molecule has 0 unspecified atom stereocenters. The molecule has 0 saturated heterocycles. The predicted molar refractivity (Wildman–Crippen MR) is 62.5 cm³/mol. The number of aliphatic hydroxyl groups is 2. The minimum Gasteiger partial charge on any atom is -0.466 e. The van der Waals surface area contributed by atoms with Crippen LogP contribution < -0.4 is 4.74 Å². The predicted octanol–water partition coefficient (Wildman–Crippen LogP) is 1.17. The average Bonchev–Trinajstić information content (AvgIpc) is 2.28. The second-order valence-corrected chi connectivity index (χ2v) is 4.11. The molecule has 96 valence electrons. The Balaban J connectivity index is 2.86. The lowest BCUT2D eigenvalue weighted by molar-refractivity contribution is 0.0205. The van der Waals surface area contributed by atoms with Crippen LogP contribution in [0.5, 0.6) is 5.75 Å². The van der Waals surface area contributed by atoms with Crippen LogP contribution in [0.25, 0.3) is 0 Å². The van der Waals surface area contributed by atoms with Crippen molar-refractivity contribution >= 4 is 0 Å². The van der Waals surface area contributed by atoms with Gasteiger partial charge in [0, 0.05) is 6.61 Å². The number of aromatic nitrogens is 1. The van der Waals surface area contributed by atoms with Crippen molar-refractivity contribution in [2.24, 2.45) is 0 Å². The molecule has 0 aromatic carbocycles. The Labute approximate surface area is 101 Å². The smallest absolute Gasteiger partial charge is 0.189 e. The van der Waals surface area contributed by atoms with E-state index in [0.717, 1.165) is 0 Å². The van der Waals surface area contributed by atoms with Crippen LogP contribution >= 0.6 is 0 Å². The second-order valence-electron chi connectivity index (χ2n) is 4.11. The molecule has 1 aromatic heterocycles. The fourth-order valence-corrected chi connectivity index (χ4v) is 1.26. The van der Waals surface area contributed by atoms with E-state index in [-0.39, 0.29) is 13.4 Å². The monoisotopic (exact) mass is 241 g/mol. The van der Waals surface area contributed by atoms with Crippen molar-refractivity contribution in [1.82, 2.24) is 4.98 Å². The summed E-state index contributed by atoms with van der Waals surface area (Å²) in [5, 5.41) is 19.0. The van der Waals surface area contributed by atoms with Gasteiger partial charge in [-0.3, -0.25) is 0 Å². The molecule has 0 amide bonds. The minimum atomic E-state index is -1.04. The lowest BCUT2D eigenvalue weighted by Gasteiger charge is -2.18. The number of hydrogen-bond donors (Lipinski definition) is 2. The third kappa shape index (κ3) is 3.96. The summed E-state index contributed by atoms with van der Waals surface area (Å²) < 4.78 is 10.4. The summed E-state index contributed by atoms with van der Waals surface area (Å²) in [7, 11) is 0. The Morgan fingerprint density at radius 3 is 2.59 bits per heavy atom. The normalized spacial score (nSPS) is 11.6. The van der Waals surface area contributed by atoms with Gasteiger partial charge < -0.3 is 19.7 Å². The van der Waals surface area contributed by atoms with E-state index in [2.05, 4.69) is 4.98 Å². The maximum Gasteiger partial charge on any atom is 0.189 e. The van der Waals surface area contributed by atoms with Gasteiger partial charge >= 0.3 is 0 Å². The third-order valence-electron chi connectivity index (χ3n) is 2.21. The summed E-state index contributed by atoms with van der Waals surface area (Å²) in [6, 6.07) is 3.34. The molecule has 1 rings (SSSR count). The highest BCUT2D eigenvalue weighted by molar-refractivity contribution is 5.30. The quantitative estimate of drug-likeness (QED) is 0.578. The summed E-state index contributed by atoms with van der Waals surface area (Å²) in [6.07, 6.45) is 0. The summed E-state index contributed by atoms with van der Waals surface area (Å²) in [4.78, 5) is 4.16. The minimum absolute atomic E-state index is 0.118. The molecule has 0 aliphatic rings. The number of pyridine rings is 1. The SMILES string of the molecule is CCOCOc1ccc(C(C)(C)O)nc1CO. The summed E-state index contributed by atoms with van der Waals surface area (Å²) in [6.45, 7) is 5.57. The van der Waals surface area contributed by atoms with Crippen LogP contribution in [0.4, 0.5) is 0 Å². The maximum atomic E-state index is 9.80. The summed E-state index contributed by atoms with van der Waals surface area (Å²) in [5.41, 5.74) is -0.155. The van der Waals surface area contributed by atoms with E-state index in [1.165, 1.54) is 0 Å². The molecule has 2 N–H and O–H groups in total. The van der Waals surface area contributed by atoms with Crippen molar-refractivity contribution < 1.29 is 19.7 Å². The Morgan fingerprint density at radius 2 is 2.06 bits per heavy atom. The largest absolute Gasteiger partial charge is 0.466 e. The Morgan fingerprint density at radius 1 is 1.35 bits per heavy atom. The standard InChI is InChI=1S/C12H19NO4/c1-4-16-8-17-10-5-6-11(12(2,3)15)13-9(10)7-14/h5-6,14-15H,4,7-8H2,1-3H3. The molecular weight excluding hydrogens is 222 g/mol. The van der Waals surface area contributed by atoms with E-state index < -0.39 is 5.60 Å². The number of aliphatic hydroxyl groups excluding tert-OH is 1. The zero-order valence-electron chi connectivity index (χ0n) is 10.4. The van der Waals surface area contributed by atoms with Gasteiger partial charge in [-0.1, -0.05) is 0 Å². The highest BCUT2D eigenvalue weighted by atomic mass is 16.7. The van der Waals surface area contributed by atoms with E-state index in [1.807, 2.05) is 6.92 Å². The Bertz CT molecular complexity index is 360. The highest BCUT2D eigenvalue weighted by Gasteiger charge is 2.19. The zero-order chi connectivity index (χ0) is 12.9. The van der Waals surface area contributed by atoms with Crippen molar-refractivity contribution in [3.8, 4) is 5.75 Å². The van der Waals surface area contributed by atoms with Crippen molar-refractivity contribution in [2.45, 2.75) is 33.0 Å². The van der Waals surface area contributed by atoms with E-state index in [0.29, 0.717) is 23.7 Å². The molecule has 17 heavy (non-hydrogen) atoms. The van der Waals surface area contributed by atoms with Crippen LogP contribution in [-0.2, 0) is 16.9 Å². The van der Waals surface area contributed by atoms with E-state index in [1.54, 1.807) is 26.0 Å². The van der Waals surface area contributed by atoms with Gasteiger partial charge in [0.1, 0.15) is 17.0 Å². The topological polar surface area (TPSA) is 71.8 Å². The third-order valence-corrected chi connectivity index (χ3v) is 2.21. The molecule has 0 atom stereocenters. The molecule has 0 aliphatic carbocycles. The van der Waals surface area contributed by atoms with Crippen molar-refractivity contribution in [3.63, 3.8) is 0 Å². The number of ether oxygens (including phenoxy) is 2. The number of nitrogens with zero attached hydrogens (tertiary/aromatic N) is 1. The summed E-state index contributed by atoms with van der Waals surface area (Å²) in [5.74, 6) is 0.467. The first-order valence-electron chi connectivity index (χ1n) is 5.53. The molecule has 0 saturated carbocycles. The molecule has 1 heterocycles. The maximum absolute atomic E-state index is 9.80. The van der Waals surface area contributed by atoms with Gasteiger partial charge in [0.25, 0.3) is 0 Å². The van der Waals surface area contributed by atoms with E-state index in [9.17, 15) is 10.2 Å². The van der Waals surface area contributed by atoms with Crippen LogP contribution in [0.2, 0.25) is 0 Å². The first kappa shape index (κ1) is 13.9. The van der Waals surface area contributed by atoms with Crippen LogP contribution in [0.15, 0.2) is 12.1 Å². The fourth-order valence-electron chi connectivity index (χ4n) is 1.26. The average molecular weight is 241 g/mol. The van der Waals surface area contributed by atoms with Crippen LogP contribution in [0, 0.1) is 0 Å². The molecule has 0 aliphatic heterocycles. The summed E-state index contributed by atoms with van der Waals surface area (Å²) >= 11 is 0. The van der Waals surface area contributed by atoms with Gasteiger partial charge in [-0.2, -0.15) is 0 Å². The number of rotatable bonds is 6. The van der Waals surface area contributed by atoms with Crippen LogP contribution in [0.1, 0.15) is 32.2 Å².